The van der Waals surface area contributed by atoms with Gasteiger partial charge in [0.2, 0.25) is 0 Å². The molecule has 0 unspecified atom stereocenters. The normalized spacial score (nSPS) is 15.9. The van der Waals surface area contributed by atoms with Crippen LogP contribution in [0.25, 0.3) is 0 Å². The summed E-state index contributed by atoms with van der Waals surface area (Å²) in [5.41, 5.74) is 2.92. The predicted octanol–water partition coefficient (Wildman–Crippen LogP) is 2.82. The van der Waals surface area contributed by atoms with Crippen molar-refractivity contribution in [1.29, 1.82) is 0 Å². The molecule has 5 nitrogen and oxygen atoms in total. The molecule has 1 amide bonds. The van der Waals surface area contributed by atoms with Crippen LogP contribution in [0.1, 0.15) is 49.4 Å². The Morgan fingerprint density at radius 1 is 1.50 bits per heavy atom. The van der Waals surface area contributed by atoms with Crippen LogP contribution in [0.15, 0.2) is 12.3 Å². The van der Waals surface area contributed by atoms with Gasteiger partial charge in [-0.15, -0.1) is 0 Å². The number of carbonyl (C=O) groups is 1. The number of carbonyl (C=O) groups excluding carboxylic acids is 1. The molecule has 1 saturated carbocycles. The summed E-state index contributed by atoms with van der Waals surface area (Å²) in [6.07, 6.45) is 7.36. The number of pyridine rings is 1. The molecule has 0 aliphatic heterocycles. The summed E-state index contributed by atoms with van der Waals surface area (Å²) in [6, 6.07) is 1.96. The molecule has 0 radical (unpaired) electrons. The smallest absolute Gasteiger partial charge is 0.255 e. The van der Waals surface area contributed by atoms with Crippen molar-refractivity contribution >= 4 is 23.3 Å². The minimum atomic E-state index is -0.00243. The predicted molar refractivity (Wildman–Crippen MR) is 80.6 cm³/mol. The minimum absolute atomic E-state index is 0.00243. The fourth-order valence-electron chi connectivity index (χ4n) is 2.79. The standard InChI is InChI=1S/C14H21ClN4O/c1-2-19(11-6-4-3-5-7-11)14(20)10-8-12(15)13(18-16)17-9-10/h8-9,11H,2-7,16H2,1H3,(H,17,18). The van der Waals surface area contributed by atoms with Crippen LogP contribution in [0.3, 0.4) is 0 Å². The van der Waals surface area contributed by atoms with Crippen LogP contribution in [0, 0.1) is 0 Å². The van der Waals surface area contributed by atoms with Gasteiger partial charge in [-0.05, 0) is 25.8 Å². The second-order valence-corrected chi connectivity index (χ2v) is 5.49. The van der Waals surface area contributed by atoms with E-state index in [1.165, 1.54) is 25.5 Å². The molecule has 1 heterocycles. The van der Waals surface area contributed by atoms with Gasteiger partial charge in [0.1, 0.15) is 0 Å². The van der Waals surface area contributed by atoms with Gasteiger partial charge in [-0.2, -0.15) is 0 Å². The number of hydrazine groups is 1. The van der Waals surface area contributed by atoms with Crippen LogP contribution in [0.2, 0.25) is 5.02 Å². The van der Waals surface area contributed by atoms with E-state index in [4.69, 9.17) is 17.4 Å². The largest absolute Gasteiger partial charge is 0.336 e. The molecule has 0 saturated heterocycles. The molecule has 110 valence electrons. The highest BCUT2D eigenvalue weighted by molar-refractivity contribution is 6.33. The quantitative estimate of drug-likeness (QED) is 0.662. The maximum Gasteiger partial charge on any atom is 0.255 e. The highest BCUT2D eigenvalue weighted by Gasteiger charge is 2.25. The Balaban J connectivity index is 2.17. The molecule has 6 heteroatoms. The average molecular weight is 297 g/mol. The first-order valence-corrected chi connectivity index (χ1v) is 7.48. The fraction of sp³-hybridized carbons (Fsp3) is 0.571. The summed E-state index contributed by atoms with van der Waals surface area (Å²) in [7, 11) is 0. The summed E-state index contributed by atoms with van der Waals surface area (Å²) in [5.74, 6) is 5.66. The molecule has 1 fully saturated rings. The summed E-state index contributed by atoms with van der Waals surface area (Å²) in [4.78, 5) is 18.6. The first-order chi connectivity index (χ1) is 9.67. The lowest BCUT2D eigenvalue weighted by Gasteiger charge is -2.33. The van der Waals surface area contributed by atoms with Gasteiger partial charge in [-0.3, -0.25) is 4.79 Å². The number of anilines is 1. The van der Waals surface area contributed by atoms with E-state index in [1.807, 2.05) is 11.8 Å². The molecule has 1 aliphatic carbocycles. The Labute approximate surface area is 124 Å². The van der Waals surface area contributed by atoms with Gasteiger partial charge in [0.25, 0.3) is 5.91 Å². The second kappa shape index (κ2) is 6.90. The van der Waals surface area contributed by atoms with Crippen LogP contribution in [-0.4, -0.2) is 28.4 Å². The van der Waals surface area contributed by atoms with Gasteiger partial charge in [0.05, 0.1) is 10.6 Å². The van der Waals surface area contributed by atoms with Crippen molar-refractivity contribution in [1.82, 2.24) is 9.88 Å². The highest BCUT2D eigenvalue weighted by atomic mass is 35.5. The van der Waals surface area contributed by atoms with Crippen molar-refractivity contribution in [2.24, 2.45) is 5.84 Å². The van der Waals surface area contributed by atoms with E-state index in [1.54, 1.807) is 6.07 Å². The molecule has 1 aromatic heterocycles. The Morgan fingerprint density at radius 2 is 2.20 bits per heavy atom. The lowest BCUT2D eigenvalue weighted by Crippen LogP contribution is -2.41. The number of nitrogens with one attached hydrogen (secondary N) is 1. The third-order valence-corrected chi connectivity index (χ3v) is 4.13. The molecule has 0 bridgehead atoms. The Morgan fingerprint density at radius 3 is 2.75 bits per heavy atom. The van der Waals surface area contributed by atoms with Crippen LogP contribution in [0.4, 0.5) is 5.82 Å². The molecule has 0 spiro atoms. The maximum atomic E-state index is 12.6. The van der Waals surface area contributed by atoms with E-state index in [0.29, 0.717) is 29.0 Å². The fourth-order valence-corrected chi connectivity index (χ4v) is 3.01. The van der Waals surface area contributed by atoms with Crippen LogP contribution < -0.4 is 11.3 Å². The first-order valence-electron chi connectivity index (χ1n) is 7.10. The monoisotopic (exact) mass is 296 g/mol. The summed E-state index contributed by atoms with van der Waals surface area (Å²) in [6.45, 7) is 2.72. The zero-order chi connectivity index (χ0) is 14.5. The Kier molecular flexibility index (Phi) is 5.20. The van der Waals surface area contributed by atoms with E-state index in [9.17, 15) is 4.79 Å². The zero-order valence-corrected chi connectivity index (χ0v) is 12.5. The van der Waals surface area contributed by atoms with Crippen LogP contribution in [0.5, 0.6) is 0 Å². The van der Waals surface area contributed by atoms with Crippen molar-refractivity contribution in [2.75, 3.05) is 12.0 Å². The zero-order valence-electron chi connectivity index (χ0n) is 11.7. The summed E-state index contributed by atoms with van der Waals surface area (Å²) in [5, 5.41) is 0.359. The average Bonchev–Trinajstić information content (AvgIpc) is 2.49. The van der Waals surface area contributed by atoms with Crippen molar-refractivity contribution in [3.8, 4) is 0 Å². The number of halogens is 1. The van der Waals surface area contributed by atoms with Gasteiger partial charge >= 0.3 is 0 Å². The molecule has 20 heavy (non-hydrogen) atoms. The van der Waals surface area contributed by atoms with Crippen molar-refractivity contribution < 1.29 is 4.79 Å². The van der Waals surface area contributed by atoms with Gasteiger partial charge in [0, 0.05) is 18.8 Å². The molecular formula is C14H21ClN4O. The van der Waals surface area contributed by atoms with Crippen molar-refractivity contribution in [3.63, 3.8) is 0 Å². The molecular weight excluding hydrogens is 276 g/mol. The molecule has 3 N–H and O–H groups in total. The number of rotatable bonds is 4. The maximum absolute atomic E-state index is 12.6. The Bertz CT molecular complexity index is 474. The highest BCUT2D eigenvalue weighted by Crippen LogP contribution is 2.25. The topological polar surface area (TPSA) is 71.2 Å². The van der Waals surface area contributed by atoms with E-state index >= 15 is 0 Å². The van der Waals surface area contributed by atoms with E-state index in [2.05, 4.69) is 10.4 Å². The number of nitrogens with two attached hydrogens (primary N) is 1. The molecule has 2 rings (SSSR count). The van der Waals surface area contributed by atoms with E-state index < -0.39 is 0 Å². The van der Waals surface area contributed by atoms with Crippen molar-refractivity contribution in [3.05, 3.63) is 22.8 Å². The molecule has 0 atom stereocenters. The van der Waals surface area contributed by atoms with Gasteiger partial charge < -0.3 is 10.3 Å². The number of hydrogen-bond donors (Lipinski definition) is 2. The minimum Gasteiger partial charge on any atom is -0.336 e. The van der Waals surface area contributed by atoms with E-state index in [-0.39, 0.29) is 5.91 Å². The number of nitrogens with zero attached hydrogens (tertiary/aromatic N) is 2. The second-order valence-electron chi connectivity index (χ2n) is 5.08. The first kappa shape index (κ1) is 15.1. The van der Waals surface area contributed by atoms with Gasteiger partial charge in [0.15, 0.2) is 5.82 Å². The number of aromatic nitrogens is 1. The van der Waals surface area contributed by atoms with Crippen LogP contribution >= 0.6 is 11.6 Å². The third-order valence-electron chi connectivity index (χ3n) is 3.84. The molecule has 1 aromatic rings. The summed E-state index contributed by atoms with van der Waals surface area (Å²) < 4.78 is 0. The van der Waals surface area contributed by atoms with Gasteiger partial charge in [-0.1, -0.05) is 30.9 Å². The number of amides is 1. The van der Waals surface area contributed by atoms with Gasteiger partial charge in [-0.25, -0.2) is 10.8 Å². The molecule has 1 aliphatic rings. The SMILES string of the molecule is CCN(C(=O)c1cnc(NN)c(Cl)c1)C1CCCCC1. The summed E-state index contributed by atoms with van der Waals surface area (Å²) >= 11 is 6.03. The number of hydrogen-bond acceptors (Lipinski definition) is 4. The number of nitrogen functional groups attached to an aromatic ring is 1. The van der Waals surface area contributed by atoms with E-state index in [0.717, 1.165) is 12.8 Å². The third kappa shape index (κ3) is 3.22. The van der Waals surface area contributed by atoms with Crippen LogP contribution in [-0.2, 0) is 0 Å². The lowest BCUT2D eigenvalue weighted by atomic mass is 9.94. The lowest BCUT2D eigenvalue weighted by molar-refractivity contribution is 0.0647. The molecule has 0 aromatic carbocycles. The Hall–Kier alpha value is -1.33. The van der Waals surface area contributed by atoms with Crippen molar-refractivity contribution in [2.45, 2.75) is 45.1 Å².